The molecule has 1 atom stereocenters. The number of rotatable bonds is 6. The molecule has 0 heterocycles. The first-order valence-corrected chi connectivity index (χ1v) is 4.97. The molecule has 0 aliphatic rings. The Bertz CT molecular complexity index is 256. The maximum absolute atomic E-state index is 5.48. The molecule has 2 heteroatoms. The summed E-state index contributed by atoms with van der Waals surface area (Å²) in [6.07, 6.45) is 4.94. The van der Waals surface area contributed by atoms with Crippen molar-refractivity contribution < 1.29 is 0 Å². The largest absolute Gasteiger partial charge is 0.271 e. The quantitative estimate of drug-likeness (QED) is 0.409. The normalized spacial score (nSPS) is 12.4. The van der Waals surface area contributed by atoms with Gasteiger partial charge in [0.25, 0.3) is 0 Å². The van der Waals surface area contributed by atoms with Crippen molar-refractivity contribution in [1.82, 2.24) is 5.43 Å². The van der Waals surface area contributed by atoms with Crippen molar-refractivity contribution in [2.75, 3.05) is 0 Å². The maximum atomic E-state index is 5.48. The molecule has 0 aromatic heterocycles. The number of nitrogens with one attached hydrogen (secondary N) is 1. The van der Waals surface area contributed by atoms with E-state index in [0.29, 0.717) is 6.04 Å². The number of hydrogen-bond donors (Lipinski definition) is 2. The first kappa shape index (κ1) is 11.0. The van der Waals surface area contributed by atoms with Gasteiger partial charge in [-0.15, -0.1) is 6.58 Å². The summed E-state index contributed by atoms with van der Waals surface area (Å²) in [5.74, 6) is 5.48. The zero-order chi connectivity index (χ0) is 10.2. The molecule has 2 nitrogen and oxygen atoms in total. The minimum atomic E-state index is 0.343. The fourth-order valence-corrected chi connectivity index (χ4v) is 1.46. The molecule has 1 aromatic rings. The van der Waals surface area contributed by atoms with Gasteiger partial charge in [-0.1, -0.05) is 36.4 Å². The van der Waals surface area contributed by atoms with Crippen molar-refractivity contribution in [3.8, 4) is 0 Å². The Kier molecular flexibility index (Phi) is 4.97. The summed E-state index contributed by atoms with van der Waals surface area (Å²) in [5, 5.41) is 0. The summed E-state index contributed by atoms with van der Waals surface area (Å²) in [4.78, 5) is 0. The first-order valence-electron chi connectivity index (χ1n) is 4.97. The van der Waals surface area contributed by atoms with E-state index in [2.05, 4.69) is 36.3 Å². The van der Waals surface area contributed by atoms with Gasteiger partial charge in [-0.05, 0) is 24.8 Å². The second kappa shape index (κ2) is 6.35. The van der Waals surface area contributed by atoms with Gasteiger partial charge in [-0.2, -0.15) is 0 Å². The topological polar surface area (TPSA) is 38.0 Å². The van der Waals surface area contributed by atoms with Crippen LogP contribution in [0.4, 0.5) is 0 Å². The third kappa shape index (κ3) is 3.73. The molecule has 0 spiro atoms. The summed E-state index contributed by atoms with van der Waals surface area (Å²) in [6, 6.07) is 10.7. The van der Waals surface area contributed by atoms with Crippen LogP contribution in [0.3, 0.4) is 0 Å². The van der Waals surface area contributed by atoms with Crippen LogP contribution >= 0.6 is 0 Å². The zero-order valence-electron chi connectivity index (χ0n) is 8.45. The molecule has 76 valence electrons. The van der Waals surface area contributed by atoms with Gasteiger partial charge in [-0.25, -0.2) is 0 Å². The van der Waals surface area contributed by atoms with E-state index in [9.17, 15) is 0 Å². The van der Waals surface area contributed by atoms with Crippen molar-refractivity contribution in [3.63, 3.8) is 0 Å². The third-order valence-corrected chi connectivity index (χ3v) is 2.28. The average molecular weight is 190 g/mol. The van der Waals surface area contributed by atoms with Gasteiger partial charge in [0.1, 0.15) is 0 Å². The van der Waals surface area contributed by atoms with Gasteiger partial charge in [-0.3, -0.25) is 11.3 Å². The Morgan fingerprint density at radius 1 is 1.36 bits per heavy atom. The summed E-state index contributed by atoms with van der Waals surface area (Å²) in [6.45, 7) is 3.71. The summed E-state index contributed by atoms with van der Waals surface area (Å²) < 4.78 is 0. The number of hydrogen-bond acceptors (Lipinski definition) is 2. The summed E-state index contributed by atoms with van der Waals surface area (Å²) >= 11 is 0. The Morgan fingerprint density at radius 2 is 2.07 bits per heavy atom. The molecular weight excluding hydrogens is 172 g/mol. The molecule has 0 aliphatic carbocycles. The van der Waals surface area contributed by atoms with E-state index in [4.69, 9.17) is 5.84 Å². The monoisotopic (exact) mass is 190 g/mol. The lowest BCUT2D eigenvalue weighted by Crippen LogP contribution is -2.36. The molecule has 0 fully saturated rings. The van der Waals surface area contributed by atoms with Crippen molar-refractivity contribution in [2.24, 2.45) is 5.84 Å². The van der Waals surface area contributed by atoms with Crippen molar-refractivity contribution >= 4 is 0 Å². The van der Waals surface area contributed by atoms with E-state index >= 15 is 0 Å². The van der Waals surface area contributed by atoms with Crippen LogP contribution in [0, 0.1) is 0 Å². The Hall–Kier alpha value is -1.12. The number of benzene rings is 1. The molecule has 0 bridgehead atoms. The van der Waals surface area contributed by atoms with Crippen LogP contribution in [0.2, 0.25) is 0 Å². The lowest BCUT2D eigenvalue weighted by Gasteiger charge is -2.14. The predicted octanol–water partition coefficient (Wildman–Crippen LogP) is 2.03. The highest BCUT2D eigenvalue weighted by atomic mass is 15.2. The van der Waals surface area contributed by atoms with E-state index in [1.54, 1.807) is 0 Å². The predicted molar refractivity (Wildman–Crippen MR) is 60.7 cm³/mol. The number of nitrogens with two attached hydrogens (primary N) is 1. The van der Waals surface area contributed by atoms with Crippen LogP contribution in [-0.4, -0.2) is 6.04 Å². The molecule has 3 N–H and O–H groups in total. The second-order valence-corrected chi connectivity index (χ2v) is 3.42. The van der Waals surface area contributed by atoms with E-state index in [1.807, 2.05) is 12.1 Å². The highest BCUT2D eigenvalue weighted by Gasteiger charge is 2.05. The van der Waals surface area contributed by atoms with Gasteiger partial charge >= 0.3 is 0 Å². The Labute approximate surface area is 85.8 Å². The molecule has 0 aliphatic heterocycles. The smallest absolute Gasteiger partial charge is 0.0253 e. The molecule has 0 amide bonds. The van der Waals surface area contributed by atoms with Gasteiger partial charge in [0.05, 0.1) is 0 Å². The molecule has 14 heavy (non-hydrogen) atoms. The average Bonchev–Trinajstić information content (AvgIpc) is 2.25. The lowest BCUT2D eigenvalue weighted by atomic mass is 10.0. The maximum Gasteiger partial charge on any atom is 0.0253 e. The van der Waals surface area contributed by atoms with Crippen LogP contribution in [0.5, 0.6) is 0 Å². The molecule has 1 aromatic carbocycles. The molecule has 1 rings (SSSR count). The Morgan fingerprint density at radius 3 is 2.64 bits per heavy atom. The fourth-order valence-electron chi connectivity index (χ4n) is 1.46. The minimum Gasteiger partial charge on any atom is -0.271 e. The standard InChI is InChI=1S/C12H18N2/c1-2-3-9-12(14-13)10-11-7-5-4-6-8-11/h2,4-8,12,14H,1,3,9-10,13H2. The second-order valence-electron chi connectivity index (χ2n) is 3.42. The molecule has 0 radical (unpaired) electrons. The van der Waals surface area contributed by atoms with E-state index < -0.39 is 0 Å². The van der Waals surface area contributed by atoms with Crippen LogP contribution in [0.1, 0.15) is 18.4 Å². The SMILES string of the molecule is C=CCCC(Cc1ccccc1)NN. The van der Waals surface area contributed by atoms with Crippen molar-refractivity contribution in [2.45, 2.75) is 25.3 Å². The molecule has 0 saturated heterocycles. The zero-order valence-corrected chi connectivity index (χ0v) is 8.45. The summed E-state index contributed by atoms with van der Waals surface area (Å²) in [7, 11) is 0. The van der Waals surface area contributed by atoms with E-state index in [1.165, 1.54) is 5.56 Å². The van der Waals surface area contributed by atoms with Crippen molar-refractivity contribution in [3.05, 3.63) is 48.6 Å². The number of allylic oxidation sites excluding steroid dienone is 1. The first-order chi connectivity index (χ1) is 6.86. The Balaban J connectivity index is 2.44. The van der Waals surface area contributed by atoms with Crippen LogP contribution < -0.4 is 11.3 Å². The van der Waals surface area contributed by atoms with Crippen LogP contribution in [-0.2, 0) is 6.42 Å². The van der Waals surface area contributed by atoms with E-state index in [-0.39, 0.29) is 0 Å². The highest BCUT2D eigenvalue weighted by molar-refractivity contribution is 5.15. The molecular formula is C12H18N2. The minimum absolute atomic E-state index is 0.343. The highest BCUT2D eigenvalue weighted by Crippen LogP contribution is 2.06. The third-order valence-electron chi connectivity index (χ3n) is 2.28. The van der Waals surface area contributed by atoms with Gasteiger partial charge < -0.3 is 0 Å². The lowest BCUT2D eigenvalue weighted by molar-refractivity contribution is 0.495. The molecule has 1 unspecified atom stereocenters. The summed E-state index contributed by atoms with van der Waals surface area (Å²) in [5.41, 5.74) is 4.16. The molecule has 0 saturated carbocycles. The van der Waals surface area contributed by atoms with Gasteiger partial charge in [0.15, 0.2) is 0 Å². The van der Waals surface area contributed by atoms with Crippen LogP contribution in [0.25, 0.3) is 0 Å². The van der Waals surface area contributed by atoms with E-state index in [0.717, 1.165) is 19.3 Å². The fraction of sp³-hybridized carbons (Fsp3) is 0.333. The van der Waals surface area contributed by atoms with Crippen molar-refractivity contribution in [1.29, 1.82) is 0 Å². The van der Waals surface area contributed by atoms with Gasteiger partial charge in [0.2, 0.25) is 0 Å². The van der Waals surface area contributed by atoms with Crippen LogP contribution in [0.15, 0.2) is 43.0 Å². The number of hydrazine groups is 1. The van der Waals surface area contributed by atoms with Gasteiger partial charge in [0, 0.05) is 6.04 Å².